The number of rotatable bonds is 16. The third-order valence-electron chi connectivity index (χ3n) is 7.90. The molecule has 0 bridgehead atoms. The van der Waals surface area contributed by atoms with Gasteiger partial charge in [0.15, 0.2) is 0 Å². The van der Waals surface area contributed by atoms with Gasteiger partial charge in [-0.15, -0.1) is 11.8 Å². The van der Waals surface area contributed by atoms with Crippen LogP contribution < -0.4 is 14.4 Å². The van der Waals surface area contributed by atoms with Gasteiger partial charge in [0.2, 0.25) is 11.8 Å². The second-order valence-electron chi connectivity index (χ2n) is 11.3. The van der Waals surface area contributed by atoms with Gasteiger partial charge in [0.25, 0.3) is 10.0 Å². The van der Waals surface area contributed by atoms with Gasteiger partial charge >= 0.3 is 0 Å². The molecule has 0 aliphatic rings. The Morgan fingerprint density at radius 3 is 2.15 bits per heavy atom. The lowest BCUT2D eigenvalue weighted by atomic mass is 10.0. The van der Waals surface area contributed by atoms with Crippen molar-refractivity contribution in [2.24, 2.45) is 0 Å². The van der Waals surface area contributed by atoms with Gasteiger partial charge in [0.1, 0.15) is 18.3 Å². The summed E-state index contributed by atoms with van der Waals surface area (Å²) in [6.45, 7) is 5.53. The molecular weight excluding hydrogens is 710 g/mol. The van der Waals surface area contributed by atoms with Crippen LogP contribution in [0.15, 0.2) is 117 Å². The number of thioether (sulfide) groups is 1. The van der Waals surface area contributed by atoms with E-state index in [2.05, 4.69) is 21.2 Å². The standard InChI is InChI=1S/C37H42BrN3O5S2/c1-5-27(3)39-37(43)34(24-28-12-8-7-9-13-28)40(25-29-16-18-30(38)19-17-29)36(42)26-41(33-14-10-11-15-35(33)46-6-2)48(44,45)32-22-20-31(47-4)21-23-32/h7-23,27,34H,5-6,24-26H2,1-4H3,(H,39,43)/t27-,34+/m1/s1. The van der Waals surface area contributed by atoms with Gasteiger partial charge in [-0.1, -0.05) is 77.5 Å². The summed E-state index contributed by atoms with van der Waals surface area (Å²) in [5, 5.41) is 3.06. The van der Waals surface area contributed by atoms with Crippen molar-refractivity contribution < 1.29 is 22.7 Å². The number of para-hydroxylation sites is 2. The van der Waals surface area contributed by atoms with E-state index in [0.717, 1.165) is 24.8 Å². The fraction of sp³-hybridized carbons (Fsp3) is 0.297. The van der Waals surface area contributed by atoms with Crippen LogP contribution in [0.1, 0.15) is 38.3 Å². The van der Waals surface area contributed by atoms with E-state index in [0.29, 0.717) is 18.8 Å². The zero-order chi connectivity index (χ0) is 34.7. The first-order valence-electron chi connectivity index (χ1n) is 15.8. The highest BCUT2D eigenvalue weighted by Gasteiger charge is 2.35. The summed E-state index contributed by atoms with van der Waals surface area (Å²) >= 11 is 4.97. The van der Waals surface area contributed by atoms with Crippen molar-refractivity contribution in [2.75, 3.05) is 23.7 Å². The van der Waals surface area contributed by atoms with Crippen molar-refractivity contribution >= 4 is 55.2 Å². The van der Waals surface area contributed by atoms with Crippen LogP contribution in [0.5, 0.6) is 5.75 Å². The van der Waals surface area contributed by atoms with Crippen molar-refractivity contribution in [1.82, 2.24) is 10.2 Å². The molecule has 0 radical (unpaired) electrons. The summed E-state index contributed by atoms with van der Waals surface area (Å²) in [5.41, 5.74) is 1.89. The average molecular weight is 753 g/mol. The normalized spacial score (nSPS) is 12.5. The maximum Gasteiger partial charge on any atom is 0.264 e. The molecule has 4 rings (SSSR count). The van der Waals surface area contributed by atoms with E-state index in [1.54, 1.807) is 48.5 Å². The molecule has 48 heavy (non-hydrogen) atoms. The van der Waals surface area contributed by atoms with Gasteiger partial charge in [-0.25, -0.2) is 8.42 Å². The molecule has 0 spiro atoms. The number of sulfonamides is 1. The van der Waals surface area contributed by atoms with E-state index in [-0.39, 0.29) is 35.5 Å². The van der Waals surface area contributed by atoms with Gasteiger partial charge < -0.3 is 15.0 Å². The van der Waals surface area contributed by atoms with Crippen LogP contribution in [0.2, 0.25) is 0 Å². The van der Waals surface area contributed by atoms with Gasteiger partial charge in [-0.05, 0) is 86.2 Å². The first-order chi connectivity index (χ1) is 23.1. The number of carbonyl (C=O) groups excluding carboxylic acids is 2. The molecule has 11 heteroatoms. The SMILES string of the molecule is CCOc1ccccc1N(CC(=O)N(Cc1ccc(Br)cc1)[C@@H](Cc1ccccc1)C(=O)N[C@H](C)CC)S(=O)(=O)c1ccc(SC)cc1. The number of halogens is 1. The lowest BCUT2D eigenvalue weighted by molar-refractivity contribution is -0.140. The second-order valence-corrected chi connectivity index (χ2v) is 14.9. The molecular formula is C37H42BrN3O5S2. The highest BCUT2D eigenvalue weighted by atomic mass is 79.9. The van der Waals surface area contributed by atoms with Crippen LogP contribution in [0.4, 0.5) is 5.69 Å². The van der Waals surface area contributed by atoms with Crippen molar-refractivity contribution in [3.8, 4) is 5.75 Å². The summed E-state index contributed by atoms with van der Waals surface area (Å²) in [5.74, 6) is -0.517. The Balaban J connectivity index is 1.84. The number of ether oxygens (including phenoxy) is 1. The molecule has 0 aliphatic carbocycles. The predicted molar refractivity (Wildman–Crippen MR) is 197 cm³/mol. The largest absolute Gasteiger partial charge is 0.492 e. The number of anilines is 1. The highest BCUT2D eigenvalue weighted by Crippen LogP contribution is 2.33. The van der Waals surface area contributed by atoms with Crippen molar-refractivity contribution in [1.29, 1.82) is 0 Å². The lowest BCUT2D eigenvalue weighted by Crippen LogP contribution is -2.54. The first-order valence-corrected chi connectivity index (χ1v) is 19.3. The van der Waals surface area contributed by atoms with Gasteiger partial charge in [-0.3, -0.25) is 13.9 Å². The molecule has 8 nitrogen and oxygen atoms in total. The molecule has 0 saturated carbocycles. The lowest BCUT2D eigenvalue weighted by Gasteiger charge is -2.34. The number of nitrogens with zero attached hydrogens (tertiary/aromatic N) is 2. The highest BCUT2D eigenvalue weighted by molar-refractivity contribution is 9.10. The molecule has 0 fully saturated rings. The molecule has 0 heterocycles. The number of carbonyl (C=O) groups is 2. The van der Waals surface area contributed by atoms with Crippen LogP contribution in [0, 0.1) is 0 Å². The van der Waals surface area contributed by atoms with Gasteiger partial charge in [0, 0.05) is 28.4 Å². The molecule has 4 aromatic rings. The van der Waals surface area contributed by atoms with Crippen molar-refractivity contribution in [3.05, 3.63) is 119 Å². The molecule has 0 unspecified atom stereocenters. The van der Waals surface area contributed by atoms with Crippen molar-refractivity contribution in [2.45, 2.75) is 62.0 Å². The molecule has 254 valence electrons. The van der Waals surface area contributed by atoms with Crippen LogP contribution in [-0.2, 0) is 32.6 Å². The minimum Gasteiger partial charge on any atom is -0.492 e. The van der Waals surface area contributed by atoms with E-state index < -0.39 is 28.5 Å². The molecule has 0 aromatic heterocycles. The van der Waals surface area contributed by atoms with Crippen LogP contribution in [0.25, 0.3) is 0 Å². The molecule has 2 atom stereocenters. The minimum atomic E-state index is -4.26. The molecule has 4 aromatic carbocycles. The van der Waals surface area contributed by atoms with Crippen LogP contribution >= 0.6 is 27.7 Å². The van der Waals surface area contributed by atoms with Crippen LogP contribution in [-0.4, -0.2) is 56.6 Å². The van der Waals surface area contributed by atoms with Gasteiger partial charge in [-0.2, -0.15) is 0 Å². The maximum absolute atomic E-state index is 14.7. The second kappa shape index (κ2) is 17.6. The zero-order valence-electron chi connectivity index (χ0n) is 27.6. The first kappa shape index (κ1) is 37.0. The Labute approximate surface area is 297 Å². The summed E-state index contributed by atoms with van der Waals surface area (Å²) in [7, 11) is -4.26. The maximum atomic E-state index is 14.7. The number of hydrogen-bond acceptors (Lipinski definition) is 6. The van der Waals surface area contributed by atoms with Crippen LogP contribution in [0.3, 0.4) is 0 Å². The summed E-state index contributed by atoms with van der Waals surface area (Å²) in [6, 6.07) is 29.3. The van der Waals surface area contributed by atoms with E-state index in [1.165, 1.54) is 16.7 Å². The summed E-state index contributed by atoms with van der Waals surface area (Å²) in [4.78, 5) is 31.2. The molecule has 2 amide bonds. The number of hydrogen-bond donors (Lipinski definition) is 1. The minimum absolute atomic E-state index is 0.0363. The predicted octanol–water partition coefficient (Wildman–Crippen LogP) is 7.32. The van der Waals surface area contributed by atoms with Gasteiger partial charge in [0.05, 0.1) is 17.2 Å². The average Bonchev–Trinajstić information content (AvgIpc) is 3.10. The topological polar surface area (TPSA) is 96.0 Å². The Morgan fingerprint density at radius 2 is 1.52 bits per heavy atom. The van der Waals surface area contributed by atoms with E-state index in [4.69, 9.17) is 4.74 Å². The molecule has 0 saturated heterocycles. The van der Waals surface area contributed by atoms with Crippen molar-refractivity contribution in [3.63, 3.8) is 0 Å². The monoisotopic (exact) mass is 751 g/mol. The van der Waals surface area contributed by atoms with E-state index in [1.807, 2.05) is 81.6 Å². The Hall–Kier alpha value is -3.80. The van der Waals surface area contributed by atoms with E-state index in [9.17, 15) is 18.0 Å². The number of nitrogens with one attached hydrogen (secondary N) is 1. The number of amides is 2. The smallest absolute Gasteiger partial charge is 0.264 e. The number of benzene rings is 4. The quantitative estimate of drug-likeness (QED) is 0.121. The molecule has 1 N–H and O–H groups in total. The zero-order valence-corrected chi connectivity index (χ0v) is 30.9. The Bertz CT molecular complexity index is 1750. The summed E-state index contributed by atoms with van der Waals surface area (Å²) < 4.78 is 36.7. The molecule has 0 aliphatic heterocycles. The summed E-state index contributed by atoms with van der Waals surface area (Å²) in [6.07, 6.45) is 2.86. The third kappa shape index (κ3) is 9.64. The fourth-order valence-electron chi connectivity index (χ4n) is 5.11. The Morgan fingerprint density at radius 1 is 0.875 bits per heavy atom. The fourth-order valence-corrected chi connectivity index (χ4v) is 7.21. The van der Waals surface area contributed by atoms with E-state index >= 15 is 0 Å². The Kier molecular flexibility index (Phi) is 13.5. The third-order valence-corrected chi connectivity index (χ3v) is 10.9.